The van der Waals surface area contributed by atoms with Crippen molar-refractivity contribution in [3.8, 4) is 0 Å². The Bertz CT molecular complexity index is 910. The quantitative estimate of drug-likeness (QED) is 0.485. The second-order valence-corrected chi connectivity index (χ2v) is 9.82. The van der Waals surface area contributed by atoms with Crippen LogP contribution in [0.15, 0.2) is 46.1 Å². The Morgan fingerprint density at radius 1 is 1.25 bits per heavy atom. The van der Waals surface area contributed by atoms with Gasteiger partial charge in [-0.25, -0.2) is 4.39 Å². The number of nitrogens with one attached hydrogen (secondary N) is 2. The van der Waals surface area contributed by atoms with E-state index >= 15 is 0 Å². The molecule has 28 heavy (non-hydrogen) atoms. The van der Waals surface area contributed by atoms with Gasteiger partial charge in [0, 0.05) is 17.5 Å². The molecular formula is C19H19FN4OS3. The molecule has 9 heteroatoms. The number of halogens is 1. The van der Waals surface area contributed by atoms with Gasteiger partial charge in [0.15, 0.2) is 4.34 Å². The number of hydrogen-bond donors (Lipinski definition) is 2. The molecule has 4 rings (SSSR count). The number of anilines is 1. The molecule has 1 fully saturated rings. The molecule has 3 aromatic rings. The third kappa shape index (κ3) is 5.30. The molecule has 1 atom stereocenters. The molecule has 1 aromatic carbocycles. The molecule has 0 aliphatic heterocycles. The summed E-state index contributed by atoms with van der Waals surface area (Å²) in [6.07, 6.45) is 2.97. The average Bonchev–Trinajstić information content (AvgIpc) is 3.16. The van der Waals surface area contributed by atoms with E-state index in [1.165, 1.54) is 40.1 Å². The van der Waals surface area contributed by atoms with Crippen molar-refractivity contribution in [1.29, 1.82) is 0 Å². The molecule has 5 nitrogen and oxygen atoms in total. The van der Waals surface area contributed by atoms with E-state index in [-0.39, 0.29) is 17.8 Å². The van der Waals surface area contributed by atoms with Crippen molar-refractivity contribution in [3.05, 3.63) is 58.0 Å². The predicted molar refractivity (Wildman–Crippen MR) is 113 cm³/mol. The van der Waals surface area contributed by atoms with E-state index in [4.69, 9.17) is 0 Å². The van der Waals surface area contributed by atoms with E-state index in [1.54, 1.807) is 23.5 Å². The Balaban J connectivity index is 1.40. The van der Waals surface area contributed by atoms with Gasteiger partial charge in [0.2, 0.25) is 11.0 Å². The Kier molecular flexibility index (Phi) is 6.23. The van der Waals surface area contributed by atoms with Crippen LogP contribution < -0.4 is 10.6 Å². The lowest BCUT2D eigenvalue weighted by Gasteiger charge is -2.15. The number of benzene rings is 1. The monoisotopic (exact) mass is 434 g/mol. The molecule has 1 saturated carbocycles. The van der Waals surface area contributed by atoms with E-state index in [1.807, 2.05) is 6.07 Å². The zero-order chi connectivity index (χ0) is 19.3. The summed E-state index contributed by atoms with van der Waals surface area (Å²) in [4.78, 5) is 14.0. The van der Waals surface area contributed by atoms with Gasteiger partial charge in [-0.15, -0.1) is 21.5 Å². The van der Waals surface area contributed by atoms with Gasteiger partial charge in [0.25, 0.3) is 0 Å². The molecule has 1 amide bonds. The molecule has 0 bridgehead atoms. The second-order valence-electron chi connectivity index (χ2n) is 6.46. The summed E-state index contributed by atoms with van der Waals surface area (Å²) in [7, 11) is 0. The minimum absolute atomic E-state index is 0.0680. The maximum absolute atomic E-state index is 13.3. The number of amides is 1. The first-order valence-corrected chi connectivity index (χ1v) is 11.6. The number of rotatable bonds is 9. The van der Waals surface area contributed by atoms with E-state index in [9.17, 15) is 9.18 Å². The number of thiophene rings is 1. The lowest BCUT2D eigenvalue weighted by atomic mass is 10.1. The van der Waals surface area contributed by atoms with Crippen LogP contribution >= 0.6 is 34.4 Å². The highest BCUT2D eigenvalue weighted by Gasteiger charge is 2.30. The highest BCUT2D eigenvalue weighted by molar-refractivity contribution is 8.01. The van der Waals surface area contributed by atoms with Gasteiger partial charge in [-0.1, -0.05) is 41.3 Å². The summed E-state index contributed by atoms with van der Waals surface area (Å²) in [6, 6.07) is 10.5. The van der Waals surface area contributed by atoms with Gasteiger partial charge in [0.05, 0.1) is 0 Å². The summed E-state index contributed by atoms with van der Waals surface area (Å²) in [5, 5.41) is 17.0. The maximum atomic E-state index is 13.3. The number of carbonyl (C=O) groups is 1. The first kappa shape index (κ1) is 19.4. The lowest BCUT2D eigenvalue weighted by Crippen LogP contribution is -2.29. The molecule has 0 spiro atoms. The Morgan fingerprint density at radius 3 is 2.79 bits per heavy atom. The van der Waals surface area contributed by atoms with Crippen molar-refractivity contribution in [2.45, 2.75) is 34.9 Å². The fraction of sp³-hybridized carbons (Fsp3) is 0.316. The highest BCUT2D eigenvalue weighted by Crippen LogP contribution is 2.38. The number of carbonyl (C=O) groups excluding carboxylic acids is 1. The zero-order valence-corrected chi connectivity index (χ0v) is 17.4. The first-order chi connectivity index (χ1) is 13.7. The van der Waals surface area contributed by atoms with Crippen molar-refractivity contribution in [2.75, 3.05) is 11.9 Å². The Morgan fingerprint density at radius 2 is 2.07 bits per heavy atom. The molecular weight excluding hydrogens is 415 g/mol. The number of hydrogen-bond acceptors (Lipinski definition) is 7. The first-order valence-electron chi connectivity index (χ1n) is 8.99. The third-order valence-corrected chi connectivity index (χ3v) is 7.34. The van der Waals surface area contributed by atoms with E-state index in [2.05, 4.69) is 32.3 Å². The Hall–Kier alpha value is -1.97. The summed E-state index contributed by atoms with van der Waals surface area (Å²) in [6.45, 7) is 0.781. The number of aromatic nitrogens is 2. The molecule has 0 radical (unpaired) electrons. The van der Waals surface area contributed by atoms with E-state index in [0.29, 0.717) is 4.34 Å². The SMILES string of the molecule is O=C(NC1CC1)C(Sc1nnc(NCCc2cccs2)s1)c1ccc(F)cc1. The fourth-order valence-corrected chi connectivity index (χ4v) is 5.28. The van der Waals surface area contributed by atoms with Gasteiger partial charge in [-0.2, -0.15) is 0 Å². The Labute approximate surface area is 174 Å². The zero-order valence-electron chi connectivity index (χ0n) is 14.9. The molecule has 1 unspecified atom stereocenters. The molecule has 146 valence electrons. The molecule has 1 aliphatic rings. The number of nitrogens with zero attached hydrogens (tertiary/aromatic N) is 2. The van der Waals surface area contributed by atoms with E-state index < -0.39 is 5.25 Å². The van der Waals surface area contributed by atoms with Gasteiger partial charge in [-0.05, 0) is 48.4 Å². The van der Waals surface area contributed by atoms with Crippen LogP contribution in [0.1, 0.15) is 28.5 Å². The molecule has 2 heterocycles. The number of thioether (sulfide) groups is 1. The molecule has 0 saturated heterocycles. The van der Waals surface area contributed by atoms with Gasteiger partial charge in [-0.3, -0.25) is 4.79 Å². The summed E-state index contributed by atoms with van der Waals surface area (Å²) < 4.78 is 14.0. The van der Waals surface area contributed by atoms with Crippen LogP contribution in [0.5, 0.6) is 0 Å². The predicted octanol–water partition coefficient (Wildman–Crippen LogP) is 4.51. The van der Waals surface area contributed by atoms with Crippen LogP contribution in [0.25, 0.3) is 0 Å². The minimum Gasteiger partial charge on any atom is -0.360 e. The molecule has 2 aromatic heterocycles. The van der Waals surface area contributed by atoms with Gasteiger partial charge in [0.1, 0.15) is 11.1 Å². The third-order valence-electron chi connectivity index (χ3n) is 4.19. The maximum Gasteiger partial charge on any atom is 0.238 e. The summed E-state index contributed by atoms with van der Waals surface area (Å²) >= 11 is 4.51. The highest BCUT2D eigenvalue weighted by atomic mass is 32.2. The second kappa shape index (κ2) is 9.02. The van der Waals surface area contributed by atoms with Crippen LogP contribution in [0.4, 0.5) is 9.52 Å². The molecule has 2 N–H and O–H groups in total. The van der Waals surface area contributed by atoms with E-state index in [0.717, 1.165) is 36.5 Å². The fourth-order valence-electron chi connectivity index (χ4n) is 2.59. The standard InChI is InChI=1S/C19H19FN4OS3/c20-13-5-3-12(4-6-13)16(17(25)22-14-7-8-14)27-19-24-23-18(28-19)21-10-9-15-2-1-11-26-15/h1-6,11,14,16H,7-10H2,(H,21,23)(H,22,25). The van der Waals surface area contributed by atoms with Gasteiger partial charge >= 0.3 is 0 Å². The summed E-state index contributed by atoms with van der Waals surface area (Å²) in [5.41, 5.74) is 0.756. The van der Waals surface area contributed by atoms with Crippen LogP contribution in [-0.4, -0.2) is 28.7 Å². The van der Waals surface area contributed by atoms with Crippen LogP contribution in [0, 0.1) is 5.82 Å². The van der Waals surface area contributed by atoms with Crippen LogP contribution in [-0.2, 0) is 11.2 Å². The van der Waals surface area contributed by atoms with Crippen molar-refractivity contribution in [3.63, 3.8) is 0 Å². The minimum atomic E-state index is -0.479. The van der Waals surface area contributed by atoms with Crippen molar-refractivity contribution < 1.29 is 9.18 Å². The average molecular weight is 435 g/mol. The topological polar surface area (TPSA) is 66.9 Å². The van der Waals surface area contributed by atoms with Gasteiger partial charge < -0.3 is 10.6 Å². The largest absolute Gasteiger partial charge is 0.360 e. The van der Waals surface area contributed by atoms with Crippen LogP contribution in [0.3, 0.4) is 0 Å². The van der Waals surface area contributed by atoms with Crippen molar-refractivity contribution >= 4 is 45.5 Å². The smallest absolute Gasteiger partial charge is 0.238 e. The normalized spacial score (nSPS) is 14.6. The van der Waals surface area contributed by atoms with Crippen LogP contribution in [0.2, 0.25) is 0 Å². The van der Waals surface area contributed by atoms with Crippen molar-refractivity contribution in [2.24, 2.45) is 0 Å². The summed E-state index contributed by atoms with van der Waals surface area (Å²) in [5.74, 6) is -0.384. The molecule has 1 aliphatic carbocycles. The van der Waals surface area contributed by atoms with Crippen molar-refractivity contribution in [1.82, 2.24) is 15.5 Å². The lowest BCUT2D eigenvalue weighted by molar-refractivity contribution is -0.120.